The Bertz CT molecular complexity index is 1050. The largest absolute Gasteiger partial charge is 0.504 e. The minimum atomic E-state index is -0.716. The van der Waals surface area contributed by atoms with E-state index >= 15 is 0 Å². The molecule has 0 aliphatic carbocycles. The molecule has 1 N–H and O–H groups in total. The topological polar surface area (TPSA) is 86.0 Å². The molecule has 26 heavy (non-hydrogen) atoms. The average Bonchev–Trinajstić information content (AvgIpc) is 2.61. The number of rotatable bonds is 4. The molecule has 3 rings (SSSR count). The number of methoxy groups -OCH3 is 1. The molecular weight excluding hydrogens is 336 g/mol. The van der Waals surface area contributed by atoms with Gasteiger partial charge in [0.1, 0.15) is 17.8 Å². The van der Waals surface area contributed by atoms with Crippen molar-refractivity contribution in [2.24, 2.45) is 0 Å². The molecule has 1 aromatic heterocycles. The second kappa shape index (κ2) is 6.92. The SMILES string of the molecule is COc1cccc(C(=O)OCc2cc(=O)oc3cc(C)c(C)cc23)c1O. The van der Waals surface area contributed by atoms with Crippen LogP contribution in [0.3, 0.4) is 0 Å². The van der Waals surface area contributed by atoms with Crippen molar-refractivity contribution in [1.29, 1.82) is 0 Å². The van der Waals surface area contributed by atoms with Crippen LogP contribution in [0.25, 0.3) is 11.0 Å². The molecular formula is C20H18O6. The van der Waals surface area contributed by atoms with E-state index in [2.05, 4.69) is 0 Å². The van der Waals surface area contributed by atoms with Crippen molar-refractivity contribution in [2.75, 3.05) is 7.11 Å². The van der Waals surface area contributed by atoms with E-state index in [1.165, 1.54) is 25.3 Å². The van der Waals surface area contributed by atoms with Crippen LogP contribution in [0.4, 0.5) is 0 Å². The second-order valence-electron chi connectivity index (χ2n) is 5.96. The van der Waals surface area contributed by atoms with Gasteiger partial charge in [0.2, 0.25) is 0 Å². The number of phenols is 1. The van der Waals surface area contributed by atoms with Crippen LogP contribution in [0, 0.1) is 13.8 Å². The normalized spacial score (nSPS) is 10.7. The number of ether oxygens (including phenoxy) is 2. The molecule has 3 aromatic rings. The van der Waals surface area contributed by atoms with Gasteiger partial charge in [-0.3, -0.25) is 0 Å². The summed E-state index contributed by atoms with van der Waals surface area (Å²) in [6.45, 7) is 3.75. The number of benzene rings is 2. The Morgan fingerprint density at radius 1 is 1.15 bits per heavy atom. The molecule has 0 radical (unpaired) electrons. The predicted molar refractivity (Wildman–Crippen MR) is 95.7 cm³/mol. The fraction of sp³-hybridized carbons (Fsp3) is 0.200. The number of para-hydroxylation sites is 1. The van der Waals surface area contributed by atoms with E-state index < -0.39 is 11.6 Å². The highest BCUT2D eigenvalue weighted by Crippen LogP contribution is 2.30. The van der Waals surface area contributed by atoms with Crippen LogP contribution in [0.1, 0.15) is 27.0 Å². The standard InChI is InChI=1S/C20H18O6/c1-11-7-15-13(9-18(21)26-17(15)8-12(11)2)10-25-20(23)14-5-4-6-16(24-3)19(14)22/h4-9,22H,10H2,1-3H3. The van der Waals surface area contributed by atoms with E-state index in [0.29, 0.717) is 16.5 Å². The first-order valence-electron chi connectivity index (χ1n) is 7.97. The van der Waals surface area contributed by atoms with Crippen molar-refractivity contribution in [3.05, 3.63) is 69.1 Å². The fourth-order valence-corrected chi connectivity index (χ4v) is 2.68. The number of aryl methyl sites for hydroxylation is 2. The number of aromatic hydroxyl groups is 1. The summed E-state index contributed by atoms with van der Waals surface area (Å²) in [5, 5.41) is 10.8. The van der Waals surface area contributed by atoms with Crippen LogP contribution in [0.15, 0.2) is 45.6 Å². The van der Waals surface area contributed by atoms with E-state index in [1.54, 1.807) is 12.1 Å². The van der Waals surface area contributed by atoms with Crippen molar-refractivity contribution in [3.8, 4) is 11.5 Å². The first kappa shape index (κ1) is 17.5. The molecule has 0 saturated heterocycles. The Morgan fingerprint density at radius 2 is 1.88 bits per heavy atom. The molecule has 0 aliphatic heterocycles. The highest BCUT2D eigenvalue weighted by Gasteiger charge is 2.17. The Morgan fingerprint density at radius 3 is 2.62 bits per heavy atom. The van der Waals surface area contributed by atoms with Crippen molar-refractivity contribution >= 4 is 16.9 Å². The maximum Gasteiger partial charge on any atom is 0.342 e. The first-order valence-corrected chi connectivity index (χ1v) is 7.97. The predicted octanol–water partition coefficient (Wildman–Crippen LogP) is 3.48. The Kier molecular flexibility index (Phi) is 4.67. The molecule has 0 aliphatic rings. The fourth-order valence-electron chi connectivity index (χ4n) is 2.68. The third kappa shape index (κ3) is 3.26. The number of carbonyl (C=O) groups is 1. The number of fused-ring (bicyclic) bond motifs is 1. The molecule has 6 nitrogen and oxygen atoms in total. The van der Waals surface area contributed by atoms with E-state index in [-0.39, 0.29) is 23.7 Å². The number of phenolic OH excluding ortho intramolecular Hbond substituents is 1. The number of esters is 1. The summed E-state index contributed by atoms with van der Waals surface area (Å²) >= 11 is 0. The van der Waals surface area contributed by atoms with Crippen molar-refractivity contribution < 1.29 is 23.8 Å². The van der Waals surface area contributed by atoms with Crippen LogP contribution in [-0.4, -0.2) is 18.2 Å². The molecule has 0 saturated carbocycles. The summed E-state index contributed by atoms with van der Waals surface area (Å²) < 4.78 is 15.5. The quantitative estimate of drug-likeness (QED) is 0.570. The molecule has 0 unspecified atom stereocenters. The van der Waals surface area contributed by atoms with Gasteiger partial charge in [0.15, 0.2) is 11.5 Å². The van der Waals surface area contributed by atoms with Gasteiger partial charge in [0.25, 0.3) is 0 Å². The summed E-state index contributed by atoms with van der Waals surface area (Å²) in [5.41, 5.74) is 2.48. The lowest BCUT2D eigenvalue weighted by atomic mass is 10.0. The summed E-state index contributed by atoms with van der Waals surface area (Å²) in [4.78, 5) is 24.1. The molecule has 0 bridgehead atoms. The zero-order valence-electron chi connectivity index (χ0n) is 14.7. The van der Waals surface area contributed by atoms with Gasteiger partial charge in [0.05, 0.1) is 7.11 Å². The van der Waals surface area contributed by atoms with Gasteiger partial charge in [-0.05, 0) is 49.2 Å². The van der Waals surface area contributed by atoms with E-state index in [1.807, 2.05) is 19.9 Å². The van der Waals surface area contributed by atoms with Gasteiger partial charge in [-0.2, -0.15) is 0 Å². The number of carbonyl (C=O) groups excluding carboxylic acids is 1. The van der Waals surface area contributed by atoms with Gasteiger partial charge in [-0.25, -0.2) is 9.59 Å². The minimum Gasteiger partial charge on any atom is -0.504 e. The van der Waals surface area contributed by atoms with Gasteiger partial charge >= 0.3 is 11.6 Å². The zero-order valence-corrected chi connectivity index (χ0v) is 14.7. The van der Waals surface area contributed by atoms with Crippen LogP contribution in [0.2, 0.25) is 0 Å². The van der Waals surface area contributed by atoms with Crippen molar-refractivity contribution in [3.63, 3.8) is 0 Å². The Hall–Kier alpha value is -3.28. The molecule has 0 atom stereocenters. The van der Waals surface area contributed by atoms with Gasteiger partial charge < -0.3 is 19.0 Å². The summed E-state index contributed by atoms with van der Waals surface area (Å²) in [6.07, 6.45) is 0. The third-order valence-electron chi connectivity index (χ3n) is 4.24. The Labute approximate surface area is 149 Å². The molecule has 6 heteroatoms. The molecule has 1 heterocycles. The highest BCUT2D eigenvalue weighted by atomic mass is 16.5. The molecule has 0 spiro atoms. The zero-order chi connectivity index (χ0) is 18.8. The van der Waals surface area contributed by atoms with Crippen LogP contribution in [0.5, 0.6) is 11.5 Å². The van der Waals surface area contributed by atoms with Crippen LogP contribution < -0.4 is 10.4 Å². The van der Waals surface area contributed by atoms with E-state index in [9.17, 15) is 14.7 Å². The highest BCUT2D eigenvalue weighted by molar-refractivity contribution is 5.93. The maximum atomic E-state index is 12.3. The maximum absolute atomic E-state index is 12.3. The average molecular weight is 354 g/mol. The Balaban J connectivity index is 1.92. The number of hydrogen-bond acceptors (Lipinski definition) is 6. The lowest BCUT2D eigenvalue weighted by Gasteiger charge is -2.11. The number of hydrogen-bond donors (Lipinski definition) is 1. The molecule has 0 amide bonds. The third-order valence-corrected chi connectivity index (χ3v) is 4.24. The van der Waals surface area contributed by atoms with Crippen molar-refractivity contribution in [1.82, 2.24) is 0 Å². The summed E-state index contributed by atoms with van der Waals surface area (Å²) in [5.74, 6) is -0.827. The lowest BCUT2D eigenvalue weighted by molar-refractivity contribution is 0.0470. The molecule has 2 aromatic carbocycles. The molecule has 134 valence electrons. The van der Waals surface area contributed by atoms with E-state index in [4.69, 9.17) is 13.9 Å². The van der Waals surface area contributed by atoms with Gasteiger partial charge in [-0.1, -0.05) is 6.07 Å². The van der Waals surface area contributed by atoms with E-state index in [0.717, 1.165) is 11.1 Å². The molecule has 0 fully saturated rings. The second-order valence-corrected chi connectivity index (χ2v) is 5.96. The van der Waals surface area contributed by atoms with Gasteiger partial charge in [-0.15, -0.1) is 0 Å². The van der Waals surface area contributed by atoms with Crippen LogP contribution >= 0.6 is 0 Å². The summed E-state index contributed by atoms with van der Waals surface area (Å²) in [7, 11) is 1.39. The monoisotopic (exact) mass is 354 g/mol. The van der Waals surface area contributed by atoms with Gasteiger partial charge in [0, 0.05) is 17.0 Å². The van der Waals surface area contributed by atoms with Crippen LogP contribution in [-0.2, 0) is 11.3 Å². The van der Waals surface area contributed by atoms with Crippen molar-refractivity contribution in [2.45, 2.75) is 20.5 Å². The lowest BCUT2D eigenvalue weighted by Crippen LogP contribution is -2.08. The first-order chi connectivity index (χ1) is 12.4. The summed E-state index contributed by atoms with van der Waals surface area (Å²) in [6, 6.07) is 9.52. The smallest absolute Gasteiger partial charge is 0.342 e. The minimum absolute atomic E-state index is 0.0105.